The number of esters is 1. The third-order valence-corrected chi connectivity index (χ3v) is 6.05. The fourth-order valence-electron chi connectivity index (χ4n) is 4.02. The summed E-state index contributed by atoms with van der Waals surface area (Å²) in [6, 6.07) is 0. The van der Waals surface area contributed by atoms with Crippen molar-refractivity contribution in [3.05, 3.63) is 0 Å². The Morgan fingerprint density at radius 1 is 0.586 bits per heavy atom. The molecule has 0 amide bonds. The van der Waals surface area contributed by atoms with Gasteiger partial charge in [-0.25, -0.2) is 4.79 Å². The van der Waals surface area contributed by atoms with E-state index in [1.165, 1.54) is 129 Å². The minimum Gasteiger partial charge on any atom is -0.467 e. The van der Waals surface area contributed by atoms with Gasteiger partial charge in [-0.05, 0) is 6.42 Å². The number of hydrogen-bond donors (Lipinski definition) is 1. The second kappa shape index (κ2) is 23.7. The molecule has 174 valence electrons. The zero-order valence-corrected chi connectivity index (χ0v) is 19.9. The number of unbranched alkanes of at least 4 members (excludes halogenated alkanes) is 20. The summed E-state index contributed by atoms with van der Waals surface area (Å²) in [7, 11) is 1.32. The van der Waals surface area contributed by atoms with Crippen molar-refractivity contribution in [3.8, 4) is 0 Å². The molecule has 0 aromatic rings. The van der Waals surface area contributed by atoms with Gasteiger partial charge in [0.1, 0.15) is 0 Å². The van der Waals surface area contributed by atoms with Gasteiger partial charge in [0.15, 0.2) is 6.10 Å². The van der Waals surface area contributed by atoms with Gasteiger partial charge < -0.3 is 9.84 Å². The largest absolute Gasteiger partial charge is 0.467 e. The highest BCUT2D eigenvalue weighted by molar-refractivity contribution is 5.74. The Labute approximate surface area is 182 Å². The molecule has 0 rings (SSSR count). The Balaban J connectivity index is 3.07. The molecule has 0 fully saturated rings. The zero-order chi connectivity index (χ0) is 21.4. The predicted molar refractivity (Wildman–Crippen MR) is 125 cm³/mol. The van der Waals surface area contributed by atoms with Gasteiger partial charge in [-0.3, -0.25) is 0 Å². The molecule has 0 aromatic heterocycles. The van der Waals surface area contributed by atoms with Gasteiger partial charge in [0, 0.05) is 0 Å². The molecule has 0 aliphatic carbocycles. The van der Waals surface area contributed by atoms with Crippen LogP contribution in [0, 0.1) is 0 Å². The molecule has 0 aromatic carbocycles. The summed E-state index contributed by atoms with van der Waals surface area (Å²) in [5.74, 6) is -0.502. The number of aliphatic hydroxyl groups excluding tert-OH is 1. The minimum absolute atomic E-state index is 0.502. The second-order valence-electron chi connectivity index (χ2n) is 8.90. The van der Waals surface area contributed by atoms with Gasteiger partial charge in [-0.1, -0.05) is 142 Å². The van der Waals surface area contributed by atoms with Crippen LogP contribution in [0.5, 0.6) is 0 Å². The maximum Gasteiger partial charge on any atom is 0.334 e. The molecular weight excluding hydrogens is 360 g/mol. The summed E-state index contributed by atoms with van der Waals surface area (Å²) in [5.41, 5.74) is 0. The number of methoxy groups -OCH3 is 1. The van der Waals surface area contributed by atoms with Crippen LogP contribution in [0.3, 0.4) is 0 Å². The first-order chi connectivity index (χ1) is 14.2. The first kappa shape index (κ1) is 28.4. The lowest BCUT2D eigenvalue weighted by Crippen LogP contribution is -2.21. The van der Waals surface area contributed by atoms with E-state index in [2.05, 4.69) is 11.7 Å². The first-order valence-electron chi connectivity index (χ1n) is 13.0. The van der Waals surface area contributed by atoms with Crippen molar-refractivity contribution in [1.29, 1.82) is 0 Å². The first-order valence-corrected chi connectivity index (χ1v) is 13.0. The van der Waals surface area contributed by atoms with Crippen LogP contribution in [0.25, 0.3) is 0 Å². The average molecular weight is 413 g/mol. The van der Waals surface area contributed by atoms with Crippen molar-refractivity contribution in [2.75, 3.05) is 7.11 Å². The molecule has 0 saturated carbocycles. The molecule has 0 aliphatic heterocycles. The molecule has 0 spiro atoms. The second-order valence-corrected chi connectivity index (χ2v) is 8.90. The van der Waals surface area contributed by atoms with E-state index in [1.807, 2.05) is 0 Å². The van der Waals surface area contributed by atoms with Crippen LogP contribution in [-0.2, 0) is 9.53 Å². The maximum atomic E-state index is 11.1. The average Bonchev–Trinajstić information content (AvgIpc) is 2.74. The fourth-order valence-corrected chi connectivity index (χ4v) is 4.02. The van der Waals surface area contributed by atoms with Crippen molar-refractivity contribution in [1.82, 2.24) is 0 Å². The van der Waals surface area contributed by atoms with E-state index in [-0.39, 0.29) is 0 Å². The van der Waals surface area contributed by atoms with Crippen molar-refractivity contribution in [2.45, 2.75) is 154 Å². The quantitative estimate of drug-likeness (QED) is 0.136. The van der Waals surface area contributed by atoms with Crippen LogP contribution in [0.2, 0.25) is 0 Å². The lowest BCUT2D eigenvalue weighted by molar-refractivity contribution is -0.150. The van der Waals surface area contributed by atoms with Crippen LogP contribution in [0.15, 0.2) is 0 Å². The Bertz CT molecular complexity index is 330. The smallest absolute Gasteiger partial charge is 0.334 e. The lowest BCUT2D eigenvalue weighted by atomic mass is 10.0. The van der Waals surface area contributed by atoms with E-state index in [9.17, 15) is 9.90 Å². The summed E-state index contributed by atoms with van der Waals surface area (Å²) in [6.07, 6.45) is 28.3. The van der Waals surface area contributed by atoms with E-state index in [1.54, 1.807) is 0 Å². The molecule has 1 N–H and O–H groups in total. The van der Waals surface area contributed by atoms with Crippen molar-refractivity contribution >= 4 is 5.97 Å². The number of aliphatic hydroxyl groups is 1. The number of carbonyl (C=O) groups excluding carboxylic acids is 1. The molecule has 1 unspecified atom stereocenters. The predicted octanol–water partition coefficient (Wildman–Crippen LogP) is 8.12. The van der Waals surface area contributed by atoms with Crippen molar-refractivity contribution < 1.29 is 14.6 Å². The number of hydrogen-bond acceptors (Lipinski definition) is 3. The van der Waals surface area contributed by atoms with E-state index in [0.29, 0.717) is 6.42 Å². The van der Waals surface area contributed by atoms with Gasteiger partial charge in [0.2, 0.25) is 0 Å². The summed E-state index contributed by atoms with van der Waals surface area (Å²) < 4.78 is 4.52. The molecule has 3 heteroatoms. The lowest BCUT2D eigenvalue weighted by Gasteiger charge is -2.07. The van der Waals surface area contributed by atoms with Gasteiger partial charge in [0.25, 0.3) is 0 Å². The molecule has 0 aliphatic rings. The van der Waals surface area contributed by atoms with Gasteiger partial charge >= 0.3 is 5.97 Å². The van der Waals surface area contributed by atoms with Crippen LogP contribution < -0.4 is 0 Å². The van der Waals surface area contributed by atoms with Gasteiger partial charge in [0.05, 0.1) is 7.11 Å². The minimum atomic E-state index is -0.930. The SMILES string of the molecule is CCCCCCCCCCCCCCCCCCCCCCCC(O)C(=O)OC. The molecule has 0 radical (unpaired) electrons. The topological polar surface area (TPSA) is 46.5 Å². The Hall–Kier alpha value is -0.570. The molecule has 0 heterocycles. The molecule has 0 bridgehead atoms. The monoisotopic (exact) mass is 412 g/mol. The standard InChI is InChI=1S/C26H52O3/c1-3-4-5-6-7-8-9-10-11-12-13-14-15-16-17-18-19-20-21-22-23-24-25(27)26(28)29-2/h25,27H,3-24H2,1-2H3. The normalized spacial score (nSPS) is 12.2. The van der Waals surface area contributed by atoms with Crippen molar-refractivity contribution in [2.24, 2.45) is 0 Å². The molecule has 1 atom stereocenters. The van der Waals surface area contributed by atoms with Crippen molar-refractivity contribution in [3.63, 3.8) is 0 Å². The molecular formula is C26H52O3. The third-order valence-electron chi connectivity index (χ3n) is 6.05. The van der Waals surface area contributed by atoms with E-state index < -0.39 is 12.1 Å². The van der Waals surface area contributed by atoms with Crippen LogP contribution in [0.1, 0.15) is 148 Å². The van der Waals surface area contributed by atoms with E-state index in [4.69, 9.17) is 0 Å². The highest BCUT2D eigenvalue weighted by atomic mass is 16.5. The number of rotatable bonds is 23. The highest BCUT2D eigenvalue weighted by Gasteiger charge is 2.13. The summed E-state index contributed by atoms with van der Waals surface area (Å²) in [4.78, 5) is 11.1. The third kappa shape index (κ3) is 21.9. The zero-order valence-electron chi connectivity index (χ0n) is 19.9. The van der Waals surface area contributed by atoms with Gasteiger partial charge in [-0.15, -0.1) is 0 Å². The van der Waals surface area contributed by atoms with Crippen LogP contribution in [-0.4, -0.2) is 24.3 Å². The summed E-state index contributed by atoms with van der Waals surface area (Å²) in [6.45, 7) is 2.29. The van der Waals surface area contributed by atoms with Gasteiger partial charge in [-0.2, -0.15) is 0 Å². The maximum absolute atomic E-state index is 11.1. The van der Waals surface area contributed by atoms with E-state index in [0.717, 1.165) is 12.8 Å². The fraction of sp³-hybridized carbons (Fsp3) is 0.962. The molecule has 29 heavy (non-hydrogen) atoms. The van der Waals surface area contributed by atoms with Crippen LogP contribution >= 0.6 is 0 Å². The summed E-state index contributed by atoms with van der Waals surface area (Å²) in [5, 5.41) is 9.50. The Morgan fingerprint density at radius 3 is 1.14 bits per heavy atom. The number of ether oxygens (including phenoxy) is 1. The Kier molecular flexibility index (Phi) is 23.2. The summed E-state index contributed by atoms with van der Waals surface area (Å²) >= 11 is 0. The highest BCUT2D eigenvalue weighted by Crippen LogP contribution is 2.15. The number of carbonyl (C=O) groups is 1. The van der Waals surface area contributed by atoms with Crippen LogP contribution in [0.4, 0.5) is 0 Å². The Morgan fingerprint density at radius 2 is 0.862 bits per heavy atom. The molecule has 0 saturated heterocycles. The van der Waals surface area contributed by atoms with E-state index >= 15 is 0 Å². The molecule has 3 nitrogen and oxygen atoms in total.